The topological polar surface area (TPSA) is 37.5 Å². The molecule has 2 aromatic rings. The third-order valence-corrected chi connectivity index (χ3v) is 4.54. The molecule has 4 rings (SSSR count). The van der Waals surface area contributed by atoms with Gasteiger partial charge in [0.15, 0.2) is 11.5 Å². The average molecular weight is 272 g/mol. The SMILES string of the molecule is C[C@H](Cc1c[nH]c2cc3c(cc12)OCO3)N1CCCC1. The average Bonchev–Trinajstić information content (AvgIpc) is 3.17. The Morgan fingerprint density at radius 1 is 1.20 bits per heavy atom. The maximum absolute atomic E-state index is 5.49. The standard InChI is InChI=1S/C16H20N2O2/c1-11(18-4-2-3-5-18)6-12-9-17-14-8-16-15(7-13(12)14)19-10-20-16/h7-9,11,17H,2-6,10H2,1H3/t11-/m1/s1. The molecule has 1 aromatic heterocycles. The van der Waals surface area contributed by atoms with Crippen molar-refractivity contribution in [3.63, 3.8) is 0 Å². The van der Waals surface area contributed by atoms with Gasteiger partial charge in [0, 0.05) is 29.2 Å². The Bertz CT molecular complexity index is 629. The number of nitrogens with one attached hydrogen (secondary N) is 1. The highest BCUT2D eigenvalue weighted by atomic mass is 16.7. The van der Waals surface area contributed by atoms with Gasteiger partial charge in [-0.2, -0.15) is 0 Å². The predicted octanol–water partition coefficient (Wildman–Crippen LogP) is 2.92. The summed E-state index contributed by atoms with van der Waals surface area (Å²) in [5.41, 5.74) is 2.51. The van der Waals surface area contributed by atoms with Crippen molar-refractivity contribution >= 4 is 10.9 Å². The van der Waals surface area contributed by atoms with Crippen molar-refractivity contribution < 1.29 is 9.47 Å². The van der Waals surface area contributed by atoms with E-state index in [0.29, 0.717) is 12.8 Å². The van der Waals surface area contributed by atoms with E-state index < -0.39 is 0 Å². The quantitative estimate of drug-likeness (QED) is 0.933. The van der Waals surface area contributed by atoms with Crippen LogP contribution in [0.25, 0.3) is 10.9 Å². The normalized spacial score (nSPS) is 19.9. The molecular formula is C16H20N2O2. The molecule has 0 spiro atoms. The van der Waals surface area contributed by atoms with Crippen LogP contribution in [0.4, 0.5) is 0 Å². The monoisotopic (exact) mass is 272 g/mol. The lowest BCUT2D eigenvalue weighted by atomic mass is 10.0. The Hall–Kier alpha value is -1.68. The summed E-state index contributed by atoms with van der Waals surface area (Å²) in [7, 11) is 0. The Labute approximate surface area is 118 Å². The number of aromatic amines is 1. The van der Waals surface area contributed by atoms with Gasteiger partial charge >= 0.3 is 0 Å². The first-order valence-electron chi connectivity index (χ1n) is 7.45. The van der Waals surface area contributed by atoms with E-state index in [1.165, 1.54) is 36.9 Å². The van der Waals surface area contributed by atoms with E-state index in [1.54, 1.807) is 0 Å². The molecule has 0 amide bonds. The molecule has 1 aromatic carbocycles. The van der Waals surface area contributed by atoms with Crippen LogP contribution in [-0.2, 0) is 6.42 Å². The van der Waals surface area contributed by atoms with E-state index >= 15 is 0 Å². The Morgan fingerprint density at radius 3 is 2.75 bits per heavy atom. The van der Waals surface area contributed by atoms with Crippen LogP contribution in [0.5, 0.6) is 11.5 Å². The van der Waals surface area contributed by atoms with Gasteiger partial charge in [0.25, 0.3) is 0 Å². The van der Waals surface area contributed by atoms with E-state index in [4.69, 9.17) is 9.47 Å². The van der Waals surface area contributed by atoms with E-state index in [2.05, 4.69) is 29.1 Å². The van der Waals surface area contributed by atoms with Gasteiger partial charge in [-0.05, 0) is 50.9 Å². The van der Waals surface area contributed by atoms with Crippen molar-refractivity contribution in [2.45, 2.75) is 32.2 Å². The van der Waals surface area contributed by atoms with Gasteiger partial charge in [-0.15, -0.1) is 0 Å². The summed E-state index contributed by atoms with van der Waals surface area (Å²) < 4.78 is 10.9. The summed E-state index contributed by atoms with van der Waals surface area (Å²) in [4.78, 5) is 5.95. The number of ether oxygens (including phenoxy) is 2. The smallest absolute Gasteiger partial charge is 0.231 e. The van der Waals surface area contributed by atoms with Crippen molar-refractivity contribution in [1.82, 2.24) is 9.88 Å². The Morgan fingerprint density at radius 2 is 1.95 bits per heavy atom. The van der Waals surface area contributed by atoms with Gasteiger partial charge in [0.1, 0.15) is 0 Å². The number of hydrogen-bond donors (Lipinski definition) is 1. The van der Waals surface area contributed by atoms with Crippen molar-refractivity contribution in [3.8, 4) is 11.5 Å². The molecular weight excluding hydrogens is 252 g/mol. The van der Waals surface area contributed by atoms with Crippen molar-refractivity contribution in [2.75, 3.05) is 19.9 Å². The second-order valence-electron chi connectivity index (χ2n) is 5.86. The first-order valence-corrected chi connectivity index (χ1v) is 7.45. The van der Waals surface area contributed by atoms with Crippen molar-refractivity contribution in [1.29, 1.82) is 0 Å². The number of rotatable bonds is 3. The lowest BCUT2D eigenvalue weighted by Gasteiger charge is -2.23. The molecule has 2 aliphatic rings. The van der Waals surface area contributed by atoms with Crippen LogP contribution in [0.2, 0.25) is 0 Å². The Kier molecular flexibility index (Phi) is 2.84. The molecule has 0 saturated carbocycles. The molecule has 106 valence electrons. The third-order valence-electron chi connectivity index (χ3n) is 4.54. The van der Waals surface area contributed by atoms with E-state index in [0.717, 1.165) is 23.4 Å². The zero-order valence-electron chi connectivity index (χ0n) is 11.8. The predicted molar refractivity (Wildman–Crippen MR) is 78.4 cm³/mol. The lowest BCUT2D eigenvalue weighted by molar-refractivity contribution is 0.174. The fraction of sp³-hybridized carbons (Fsp3) is 0.500. The number of fused-ring (bicyclic) bond motifs is 2. The van der Waals surface area contributed by atoms with Crippen molar-refractivity contribution in [3.05, 3.63) is 23.9 Å². The summed E-state index contributed by atoms with van der Waals surface area (Å²) in [5.74, 6) is 1.71. The zero-order valence-corrected chi connectivity index (χ0v) is 11.8. The molecule has 1 fully saturated rings. The molecule has 0 unspecified atom stereocenters. The van der Waals surface area contributed by atoms with Crippen LogP contribution in [0.15, 0.2) is 18.3 Å². The number of hydrogen-bond acceptors (Lipinski definition) is 3. The molecule has 3 heterocycles. The summed E-state index contributed by atoms with van der Waals surface area (Å²) in [5, 5.41) is 1.26. The maximum Gasteiger partial charge on any atom is 0.231 e. The van der Waals surface area contributed by atoms with Crippen LogP contribution in [0, 0.1) is 0 Å². The summed E-state index contributed by atoms with van der Waals surface area (Å²) in [6.07, 6.45) is 5.90. The molecule has 4 heteroatoms. The largest absolute Gasteiger partial charge is 0.454 e. The van der Waals surface area contributed by atoms with E-state index in [1.807, 2.05) is 6.07 Å². The molecule has 1 saturated heterocycles. The number of likely N-dealkylation sites (tertiary alicyclic amines) is 1. The number of nitrogens with zero attached hydrogens (tertiary/aromatic N) is 1. The van der Waals surface area contributed by atoms with Crippen LogP contribution in [-0.4, -0.2) is 35.8 Å². The number of benzene rings is 1. The fourth-order valence-electron chi connectivity index (χ4n) is 3.37. The van der Waals surface area contributed by atoms with Gasteiger partial charge in [-0.3, -0.25) is 0 Å². The minimum atomic E-state index is 0.335. The molecule has 0 radical (unpaired) electrons. The number of H-pyrrole nitrogens is 1. The second kappa shape index (κ2) is 4.70. The van der Waals surface area contributed by atoms with Crippen LogP contribution >= 0.6 is 0 Å². The summed E-state index contributed by atoms with van der Waals surface area (Å²) in [6, 6.07) is 4.75. The van der Waals surface area contributed by atoms with Crippen LogP contribution < -0.4 is 9.47 Å². The molecule has 2 aliphatic heterocycles. The first-order chi connectivity index (χ1) is 9.81. The maximum atomic E-state index is 5.49. The minimum absolute atomic E-state index is 0.335. The third kappa shape index (κ3) is 1.95. The van der Waals surface area contributed by atoms with Gasteiger partial charge in [-0.1, -0.05) is 0 Å². The Balaban J connectivity index is 1.63. The van der Waals surface area contributed by atoms with Crippen molar-refractivity contribution in [2.24, 2.45) is 0 Å². The van der Waals surface area contributed by atoms with Gasteiger partial charge < -0.3 is 19.4 Å². The minimum Gasteiger partial charge on any atom is -0.454 e. The summed E-state index contributed by atoms with van der Waals surface area (Å²) >= 11 is 0. The molecule has 4 nitrogen and oxygen atoms in total. The second-order valence-corrected chi connectivity index (χ2v) is 5.86. The molecule has 0 bridgehead atoms. The van der Waals surface area contributed by atoms with Gasteiger partial charge in [0.05, 0.1) is 0 Å². The van der Waals surface area contributed by atoms with Crippen LogP contribution in [0.1, 0.15) is 25.3 Å². The van der Waals surface area contributed by atoms with Crippen LogP contribution in [0.3, 0.4) is 0 Å². The summed E-state index contributed by atoms with van der Waals surface area (Å²) in [6.45, 7) is 5.16. The zero-order chi connectivity index (χ0) is 13.5. The van der Waals surface area contributed by atoms with E-state index in [-0.39, 0.29) is 0 Å². The molecule has 1 N–H and O–H groups in total. The van der Waals surface area contributed by atoms with Gasteiger partial charge in [0.2, 0.25) is 6.79 Å². The first kappa shape index (κ1) is 12.1. The molecule has 20 heavy (non-hydrogen) atoms. The highest BCUT2D eigenvalue weighted by molar-refractivity contribution is 5.87. The van der Waals surface area contributed by atoms with E-state index in [9.17, 15) is 0 Å². The number of aromatic nitrogens is 1. The van der Waals surface area contributed by atoms with Gasteiger partial charge in [-0.25, -0.2) is 0 Å². The lowest BCUT2D eigenvalue weighted by Crippen LogP contribution is -2.31. The highest BCUT2D eigenvalue weighted by Gasteiger charge is 2.21. The highest BCUT2D eigenvalue weighted by Crippen LogP contribution is 2.37. The molecule has 0 aliphatic carbocycles. The molecule has 1 atom stereocenters. The fourth-order valence-corrected chi connectivity index (χ4v) is 3.37.